The summed E-state index contributed by atoms with van der Waals surface area (Å²) in [6.07, 6.45) is 2.78. The number of amides is 2. The molecule has 1 aromatic rings. The van der Waals surface area contributed by atoms with Crippen LogP contribution >= 0.6 is 11.8 Å². The van der Waals surface area contributed by atoms with Crippen molar-refractivity contribution in [3.63, 3.8) is 0 Å². The van der Waals surface area contributed by atoms with Gasteiger partial charge >= 0.3 is 5.97 Å². The largest absolute Gasteiger partial charge is 0.494 e. The van der Waals surface area contributed by atoms with Gasteiger partial charge in [-0.2, -0.15) is 0 Å². The molecule has 0 spiro atoms. The lowest BCUT2D eigenvalue weighted by Gasteiger charge is -2.23. The van der Waals surface area contributed by atoms with Crippen LogP contribution in [-0.4, -0.2) is 52.1 Å². The van der Waals surface area contributed by atoms with Gasteiger partial charge in [0.25, 0.3) is 0 Å². The molecule has 0 aromatic heterocycles. The minimum atomic E-state index is -0.844. The maximum absolute atomic E-state index is 12.6. The van der Waals surface area contributed by atoms with Crippen molar-refractivity contribution >= 4 is 35.2 Å². The lowest BCUT2D eigenvalue weighted by atomic mass is 10.2. The monoisotopic (exact) mass is 394 g/mol. The Morgan fingerprint density at radius 3 is 2.63 bits per heavy atom. The van der Waals surface area contributed by atoms with Crippen molar-refractivity contribution in [1.29, 1.82) is 0 Å². The Kier molecular flexibility index (Phi) is 8.44. The highest BCUT2D eigenvalue weighted by atomic mass is 32.2. The molecule has 0 saturated carbocycles. The molecular weight excluding hydrogens is 368 g/mol. The second-order valence-electron chi connectivity index (χ2n) is 6.34. The molecule has 0 radical (unpaired) electrons. The number of carbonyl (C=O) groups excluding carboxylic acids is 2. The fourth-order valence-electron chi connectivity index (χ4n) is 2.65. The van der Waals surface area contributed by atoms with Gasteiger partial charge in [0.1, 0.15) is 11.8 Å². The SMILES string of the molecule is CCCCC(=O)N1CSCC1C(=O)Nc1ccc(OCCCC(=O)O)cc1. The normalized spacial score (nSPS) is 16.2. The first-order chi connectivity index (χ1) is 13.0. The molecule has 1 heterocycles. The number of aliphatic carboxylic acids is 1. The molecule has 1 fully saturated rings. The molecule has 2 amide bonds. The van der Waals surface area contributed by atoms with Crippen LogP contribution in [-0.2, 0) is 14.4 Å². The maximum atomic E-state index is 12.6. The molecule has 1 aliphatic heterocycles. The number of rotatable bonds is 10. The Bertz CT molecular complexity index is 650. The van der Waals surface area contributed by atoms with Crippen LogP contribution in [0, 0.1) is 0 Å². The van der Waals surface area contributed by atoms with E-state index in [2.05, 4.69) is 5.32 Å². The topological polar surface area (TPSA) is 95.9 Å². The highest BCUT2D eigenvalue weighted by Crippen LogP contribution is 2.24. The van der Waals surface area contributed by atoms with Gasteiger partial charge in [0, 0.05) is 24.3 Å². The maximum Gasteiger partial charge on any atom is 0.303 e. The predicted molar refractivity (Wildman–Crippen MR) is 105 cm³/mol. The zero-order valence-corrected chi connectivity index (χ0v) is 16.3. The van der Waals surface area contributed by atoms with Crippen LogP contribution in [0.2, 0.25) is 0 Å². The Morgan fingerprint density at radius 2 is 1.96 bits per heavy atom. The van der Waals surface area contributed by atoms with Crippen molar-refractivity contribution < 1.29 is 24.2 Å². The van der Waals surface area contributed by atoms with E-state index >= 15 is 0 Å². The first-order valence-electron chi connectivity index (χ1n) is 9.14. The number of hydrogen-bond acceptors (Lipinski definition) is 5. The Labute approximate surface area is 163 Å². The molecule has 1 unspecified atom stereocenters. The summed E-state index contributed by atoms with van der Waals surface area (Å²) in [5.41, 5.74) is 0.635. The quantitative estimate of drug-likeness (QED) is 0.593. The number of benzene rings is 1. The minimum Gasteiger partial charge on any atom is -0.494 e. The average molecular weight is 394 g/mol. The molecular formula is C19H26N2O5S. The first-order valence-corrected chi connectivity index (χ1v) is 10.3. The molecule has 1 atom stereocenters. The zero-order valence-electron chi connectivity index (χ0n) is 15.5. The van der Waals surface area contributed by atoms with Crippen molar-refractivity contribution in [2.24, 2.45) is 0 Å². The predicted octanol–water partition coefficient (Wildman–Crippen LogP) is 2.96. The highest BCUT2D eigenvalue weighted by molar-refractivity contribution is 7.99. The van der Waals surface area contributed by atoms with E-state index in [4.69, 9.17) is 9.84 Å². The highest BCUT2D eigenvalue weighted by Gasteiger charge is 2.34. The fourth-order valence-corrected chi connectivity index (χ4v) is 3.83. The van der Waals surface area contributed by atoms with E-state index in [1.807, 2.05) is 6.92 Å². The van der Waals surface area contributed by atoms with E-state index < -0.39 is 12.0 Å². The van der Waals surface area contributed by atoms with E-state index in [0.29, 0.717) is 42.5 Å². The molecule has 1 aliphatic rings. The van der Waals surface area contributed by atoms with Gasteiger partial charge in [-0.05, 0) is 37.1 Å². The summed E-state index contributed by atoms with van der Waals surface area (Å²) in [5, 5.41) is 11.4. The molecule has 8 heteroatoms. The zero-order chi connectivity index (χ0) is 19.6. The van der Waals surface area contributed by atoms with Crippen LogP contribution in [0.15, 0.2) is 24.3 Å². The van der Waals surface area contributed by atoms with Crippen molar-refractivity contribution in [3.05, 3.63) is 24.3 Å². The number of nitrogens with zero attached hydrogens (tertiary/aromatic N) is 1. The van der Waals surface area contributed by atoms with Crippen LogP contribution < -0.4 is 10.1 Å². The number of anilines is 1. The van der Waals surface area contributed by atoms with E-state index in [0.717, 1.165) is 12.8 Å². The van der Waals surface area contributed by atoms with Crippen LogP contribution in [0.1, 0.15) is 39.0 Å². The molecule has 0 bridgehead atoms. The van der Waals surface area contributed by atoms with Crippen molar-refractivity contribution in [1.82, 2.24) is 4.90 Å². The number of hydrogen-bond donors (Lipinski definition) is 2. The summed E-state index contributed by atoms with van der Waals surface area (Å²) < 4.78 is 5.47. The molecule has 1 aromatic carbocycles. The average Bonchev–Trinajstić information content (AvgIpc) is 3.14. The van der Waals surface area contributed by atoms with Gasteiger partial charge in [0.15, 0.2) is 0 Å². The van der Waals surface area contributed by atoms with Gasteiger partial charge in [0.05, 0.1) is 12.5 Å². The number of nitrogens with one attached hydrogen (secondary N) is 1. The van der Waals surface area contributed by atoms with Crippen molar-refractivity contribution in [3.8, 4) is 5.75 Å². The summed E-state index contributed by atoms with van der Waals surface area (Å²) in [6.45, 7) is 2.36. The number of thioether (sulfide) groups is 1. The minimum absolute atomic E-state index is 0.0344. The smallest absolute Gasteiger partial charge is 0.303 e. The lowest BCUT2D eigenvalue weighted by molar-refractivity contribution is -0.137. The Hall–Kier alpha value is -2.22. The summed E-state index contributed by atoms with van der Waals surface area (Å²) in [4.78, 5) is 36.9. The Balaban J connectivity index is 1.84. The molecule has 1 saturated heterocycles. The summed E-state index contributed by atoms with van der Waals surface area (Å²) in [5.74, 6) is 0.792. The van der Waals surface area contributed by atoms with Crippen LogP contribution in [0.25, 0.3) is 0 Å². The fraction of sp³-hybridized carbons (Fsp3) is 0.526. The number of unbranched alkanes of at least 4 members (excludes halogenated alkanes) is 1. The second-order valence-corrected chi connectivity index (χ2v) is 7.34. The van der Waals surface area contributed by atoms with E-state index in [1.54, 1.807) is 40.9 Å². The molecule has 7 nitrogen and oxygen atoms in total. The summed E-state index contributed by atoms with van der Waals surface area (Å²) in [6, 6.07) is 6.48. The first kappa shape index (κ1) is 21.1. The molecule has 148 valence electrons. The van der Waals surface area contributed by atoms with Crippen molar-refractivity contribution in [2.45, 2.75) is 45.1 Å². The van der Waals surface area contributed by atoms with Gasteiger partial charge in [0.2, 0.25) is 11.8 Å². The molecule has 27 heavy (non-hydrogen) atoms. The van der Waals surface area contributed by atoms with Crippen LogP contribution in [0.3, 0.4) is 0 Å². The van der Waals surface area contributed by atoms with E-state index in [-0.39, 0.29) is 18.2 Å². The number of carboxylic acid groups (broad SMARTS) is 1. The van der Waals surface area contributed by atoms with E-state index in [1.165, 1.54) is 0 Å². The standard InChI is InChI=1S/C19H26N2O5S/c1-2-3-5-17(22)21-13-27-12-16(21)19(25)20-14-7-9-15(10-8-14)26-11-4-6-18(23)24/h7-10,16H,2-6,11-13H2,1H3,(H,20,25)(H,23,24). The lowest BCUT2D eigenvalue weighted by Crippen LogP contribution is -2.44. The van der Waals surface area contributed by atoms with Gasteiger partial charge in [-0.3, -0.25) is 14.4 Å². The third-order valence-corrected chi connectivity index (χ3v) is 5.19. The third-order valence-electron chi connectivity index (χ3n) is 4.18. The summed E-state index contributed by atoms with van der Waals surface area (Å²) >= 11 is 1.59. The second kappa shape index (κ2) is 10.8. The number of carboxylic acids is 1. The Morgan fingerprint density at radius 1 is 1.22 bits per heavy atom. The van der Waals surface area contributed by atoms with Crippen LogP contribution in [0.5, 0.6) is 5.75 Å². The number of ether oxygens (including phenoxy) is 1. The van der Waals surface area contributed by atoms with Crippen LogP contribution in [0.4, 0.5) is 5.69 Å². The molecule has 2 rings (SSSR count). The molecule has 2 N–H and O–H groups in total. The molecule has 0 aliphatic carbocycles. The third kappa shape index (κ3) is 6.78. The van der Waals surface area contributed by atoms with Gasteiger partial charge < -0.3 is 20.1 Å². The number of carbonyl (C=O) groups is 3. The van der Waals surface area contributed by atoms with Gasteiger partial charge in [-0.25, -0.2) is 0 Å². The van der Waals surface area contributed by atoms with Crippen molar-refractivity contribution in [2.75, 3.05) is 23.6 Å². The van der Waals surface area contributed by atoms with E-state index in [9.17, 15) is 14.4 Å². The summed E-state index contributed by atoms with van der Waals surface area (Å²) in [7, 11) is 0. The van der Waals surface area contributed by atoms with Gasteiger partial charge in [-0.1, -0.05) is 13.3 Å². The van der Waals surface area contributed by atoms with Gasteiger partial charge in [-0.15, -0.1) is 11.8 Å².